The number of para-hydroxylation sites is 2. The zero-order chi connectivity index (χ0) is 12.8. The van der Waals surface area contributed by atoms with E-state index in [9.17, 15) is 0 Å². The summed E-state index contributed by atoms with van der Waals surface area (Å²) >= 11 is 0. The topological polar surface area (TPSA) is 39.7 Å². The molecule has 0 amide bonds. The summed E-state index contributed by atoms with van der Waals surface area (Å²) in [4.78, 5) is 0. The zero-order valence-electron chi connectivity index (χ0n) is 11.0. The lowest BCUT2D eigenvalue weighted by Crippen LogP contribution is -2.46. The van der Waals surface area contributed by atoms with Gasteiger partial charge in [-0.3, -0.25) is 0 Å². The number of nitrogens with one attached hydrogen (secondary N) is 1. The Labute approximate surface area is 108 Å². The van der Waals surface area contributed by atoms with Crippen molar-refractivity contribution < 1.29 is 14.2 Å². The van der Waals surface area contributed by atoms with Crippen LogP contribution in [0.15, 0.2) is 24.3 Å². The first-order valence-electron chi connectivity index (χ1n) is 6.35. The van der Waals surface area contributed by atoms with Crippen molar-refractivity contribution in [3.63, 3.8) is 0 Å². The SMILES string of the molecule is COc1ccccc1OCCNC1CC(OC)C1. The minimum Gasteiger partial charge on any atom is -0.493 e. The van der Waals surface area contributed by atoms with Crippen LogP contribution in [-0.2, 0) is 4.74 Å². The van der Waals surface area contributed by atoms with E-state index in [2.05, 4.69) is 5.32 Å². The Morgan fingerprint density at radius 2 is 1.89 bits per heavy atom. The number of hydrogen-bond donors (Lipinski definition) is 1. The van der Waals surface area contributed by atoms with Crippen LogP contribution >= 0.6 is 0 Å². The van der Waals surface area contributed by atoms with E-state index >= 15 is 0 Å². The smallest absolute Gasteiger partial charge is 0.161 e. The van der Waals surface area contributed by atoms with Gasteiger partial charge in [-0.2, -0.15) is 0 Å². The third-order valence-corrected chi connectivity index (χ3v) is 3.29. The average Bonchev–Trinajstić information content (AvgIpc) is 2.37. The number of ether oxygens (including phenoxy) is 3. The van der Waals surface area contributed by atoms with E-state index in [4.69, 9.17) is 14.2 Å². The summed E-state index contributed by atoms with van der Waals surface area (Å²) in [6, 6.07) is 8.28. The van der Waals surface area contributed by atoms with Gasteiger partial charge in [0.2, 0.25) is 0 Å². The van der Waals surface area contributed by atoms with Crippen molar-refractivity contribution in [3.05, 3.63) is 24.3 Å². The van der Waals surface area contributed by atoms with Crippen molar-refractivity contribution in [3.8, 4) is 11.5 Å². The van der Waals surface area contributed by atoms with Crippen molar-refractivity contribution in [2.24, 2.45) is 0 Å². The molecule has 1 N–H and O–H groups in total. The summed E-state index contributed by atoms with van der Waals surface area (Å²) in [6.45, 7) is 1.49. The minimum absolute atomic E-state index is 0.442. The highest BCUT2D eigenvalue weighted by atomic mass is 16.5. The van der Waals surface area contributed by atoms with E-state index in [0.717, 1.165) is 30.9 Å². The molecule has 0 heterocycles. The Hall–Kier alpha value is -1.26. The number of rotatable bonds is 7. The van der Waals surface area contributed by atoms with Gasteiger partial charge in [-0.05, 0) is 25.0 Å². The summed E-state index contributed by atoms with van der Waals surface area (Å²) in [5, 5.41) is 3.45. The van der Waals surface area contributed by atoms with Crippen LogP contribution in [-0.4, -0.2) is 39.5 Å². The summed E-state index contributed by atoms with van der Waals surface area (Å²) in [6.07, 6.45) is 2.65. The van der Waals surface area contributed by atoms with Crippen LogP contribution in [0.2, 0.25) is 0 Å². The third-order valence-electron chi connectivity index (χ3n) is 3.29. The van der Waals surface area contributed by atoms with Crippen LogP contribution in [0.3, 0.4) is 0 Å². The quantitative estimate of drug-likeness (QED) is 0.751. The van der Waals surface area contributed by atoms with Gasteiger partial charge < -0.3 is 19.5 Å². The Morgan fingerprint density at radius 3 is 2.56 bits per heavy atom. The Balaban J connectivity index is 1.63. The number of methoxy groups -OCH3 is 2. The van der Waals surface area contributed by atoms with Crippen molar-refractivity contribution in [1.29, 1.82) is 0 Å². The third kappa shape index (κ3) is 3.37. The molecule has 0 radical (unpaired) electrons. The van der Waals surface area contributed by atoms with Gasteiger partial charge in [0.15, 0.2) is 11.5 Å². The van der Waals surface area contributed by atoms with E-state index in [1.165, 1.54) is 0 Å². The lowest BCUT2D eigenvalue weighted by molar-refractivity contribution is 0.0167. The number of hydrogen-bond acceptors (Lipinski definition) is 4. The second kappa shape index (κ2) is 6.61. The highest BCUT2D eigenvalue weighted by Crippen LogP contribution is 2.25. The summed E-state index contributed by atoms with van der Waals surface area (Å²) < 4.78 is 16.1. The molecule has 1 fully saturated rings. The van der Waals surface area contributed by atoms with Gasteiger partial charge in [-0.1, -0.05) is 12.1 Å². The molecule has 1 aliphatic rings. The molecule has 1 saturated carbocycles. The molecule has 4 nitrogen and oxygen atoms in total. The molecule has 1 aliphatic carbocycles. The fourth-order valence-electron chi connectivity index (χ4n) is 2.09. The molecule has 18 heavy (non-hydrogen) atoms. The van der Waals surface area contributed by atoms with Gasteiger partial charge in [-0.25, -0.2) is 0 Å². The fourth-order valence-corrected chi connectivity index (χ4v) is 2.09. The van der Waals surface area contributed by atoms with Gasteiger partial charge in [0.1, 0.15) is 6.61 Å². The summed E-state index contributed by atoms with van der Waals surface area (Å²) in [7, 11) is 3.42. The van der Waals surface area contributed by atoms with Gasteiger partial charge >= 0.3 is 0 Å². The molecular weight excluding hydrogens is 230 g/mol. The predicted molar refractivity (Wildman–Crippen MR) is 70.3 cm³/mol. The number of benzene rings is 1. The van der Waals surface area contributed by atoms with E-state index in [0.29, 0.717) is 18.8 Å². The highest BCUT2D eigenvalue weighted by Gasteiger charge is 2.27. The maximum atomic E-state index is 5.68. The average molecular weight is 251 g/mol. The van der Waals surface area contributed by atoms with E-state index in [1.54, 1.807) is 14.2 Å². The fraction of sp³-hybridized carbons (Fsp3) is 0.571. The molecule has 0 spiro atoms. The van der Waals surface area contributed by atoms with Crippen LogP contribution in [0.1, 0.15) is 12.8 Å². The van der Waals surface area contributed by atoms with Gasteiger partial charge in [0.25, 0.3) is 0 Å². The van der Waals surface area contributed by atoms with Gasteiger partial charge in [0.05, 0.1) is 13.2 Å². The minimum atomic E-state index is 0.442. The molecule has 0 atom stereocenters. The second-order valence-corrected chi connectivity index (χ2v) is 4.48. The maximum Gasteiger partial charge on any atom is 0.161 e. The molecule has 0 aromatic heterocycles. The predicted octanol–water partition coefficient (Wildman–Crippen LogP) is 1.84. The Bertz CT molecular complexity index is 364. The maximum absolute atomic E-state index is 5.68. The largest absolute Gasteiger partial charge is 0.493 e. The van der Waals surface area contributed by atoms with Crippen molar-refractivity contribution in [1.82, 2.24) is 5.32 Å². The van der Waals surface area contributed by atoms with Crippen LogP contribution in [0.25, 0.3) is 0 Å². The van der Waals surface area contributed by atoms with Crippen LogP contribution in [0, 0.1) is 0 Å². The summed E-state index contributed by atoms with van der Waals surface area (Å²) in [5.74, 6) is 1.57. The molecule has 0 saturated heterocycles. The van der Waals surface area contributed by atoms with E-state index in [1.807, 2.05) is 24.3 Å². The standard InChI is InChI=1S/C14H21NO3/c1-16-12-9-11(10-12)15-7-8-18-14-6-4-3-5-13(14)17-2/h3-6,11-12,15H,7-10H2,1-2H3. The van der Waals surface area contributed by atoms with E-state index in [-0.39, 0.29) is 0 Å². The molecule has 2 rings (SSSR count). The lowest BCUT2D eigenvalue weighted by Gasteiger charge is -2.34. The van der Waals surface area contributed by atoms with Crippen LogP contribution in [0.4, 0.5) is 0 Å². The monoisotopic (exact) mass is 251 g/mol. The first kappa shape index (κ1) is 13.2. The van der Waals surface area contributed by atoms with Crippen LogP contribution in [0.5, 0.6) is 11.5 Å². The molecule has 0 unspecified atom stereocenters. The Morgan fingerprint density at radius 1 is 1.17 bits per heavy atom. The zero-order valence-corrected chi connectivity index (χ0v) is 11.0. The molecule has 100 valence electrons. The molecule has 0 aliphatic heterocycles. The van der Waals surface area contributed by atoms with Gasteiger partial charge in [0, 0.05) is 19.7 Å². The highest BCUT2D eigenvalue weighted by molar-refractivity contribution is 5.39. The first-order chi connectivity index (χ1) is 8.83. The van der Waals surface area contributed by atoms with E-state index < -0.39 is 0 Å². The van der Waals surface area contributed by atoms with Crippen molar-refractivity contribution >= 4 is 0 Å². The normalized spacial score (nSPS) is 22.3. The lowest BCUT2D eigenvalue weighted by atomic mass is 9.89. The summed E-state index contributed by atoms with van der Waals surface area (Å²) in [5.41, 5.74) is 0. The first-order valence-corrected chi connectivity index (χ1v) is 6.35. The van der Waals surface area contributed by atoms with Crippen molar-refractivity contribution in [2.75, 3.05) is 27.4 Å². The van der Waals surface area contributed by atoms with Crippen LogP contribution < -0.4 is 14.8 Å². The van der Waals surface area contributed by atoms with Crippen molar-refractivity contribution in [2.45, 2.75) is 25.0 Å². The second-order valence-electron chi connectivity index (χ2n) is 4.48. The molecule has 4 heteroatoms. The molecule has 1 aromatic carbocycles. The molecule has 1 aromatic rings. The van der Waals surface area contributed by atoms with Gasteiger partial charge in [-0.15, -0.1) is 0 Å². The molecule has 0 bridgehead atoms. The Kier molecular flexibility index (Phi) is 4.84. The molecular formula is C14H21NO3.